The van der Waals surface area contributed by atoms with Gasteiger partial charge in [-0.2, -0.15) is 0 Å². The van der Waals surface area contributed by atoms with Crippen molar-refractivity contribution < 1.29 is 23.6 Å². The summed E-state index contributed by atoms with van der Waals surface area (Å²) in [4.78, 5) is 15.9. The van der Waals surface area contributed by atoms with Crippen molar-refractivity contribution in [2.24, 2.45) is 0 Å². The molecule has 0 amide bonds. The molecule has 0 bridgehead atoms. The van der Waals surface area contributed by atoms with Crippen molar-refractivity contribution in [3.63, 3.8) is 0 Å². The molecular weight excluding hydrogens is 240 g/mol. The molecule has 0 unspecified atom stereocenters. The summed E-state index contributed by atoms with van der Waals surface area (Å²) in [5, 5.41) is 0. The first-order valence-corrected chi connectivity index (χ1v) is 11.7. The van der Waals surface area contributed by atoms with E-state index in [1.807, 2.05) is 0 Å². The topological polar surface area (TPSA) is 0 Å². The van der Waals surface area contributed by atoms with Crippen molar-refractivity contribution in [2.45, 2.75) is 48.2 Å². The summed E-state index contributed by atoms with van der Waals surface area (Å²) in [5.41, 5.74) is 0. The fraction of sp³-hybridized carbons (Fsp3) is 1.00. The molecule has 0 aromatic rings. The third-order valence-electron chi connectivity index (χ3n) is 14.5. The zero-order chi connectivity index (χ0) is 6.09. The van der Waals surface area contributed by atoms with Gasteiger partial charge in [0.25, 0.3) is 0 Å². The van der Waals surface area contributed by atoms with Crippen LogP contribution in [-0.2, 0) is 23.6 Å². The molecule has 0 saturated carbocycles. The van der Waals surface area contributed by atoms with Gasteiger partial charge in [0, 0.05) is 17.1 Å². The predicted molar refractivity (Wildman–Crippen MR) is 37.5 cm³/mol. The van der Waals surface area contributed by atoms with Gasteiger partial charge in [-0.05, 0) is 0 Å². The van der Waals surface area contributed by atoms with Gasteiger partial charge in [-0.15, -0.1) is 0 Å². The van der Waals surface area contributed by atoms with E-state index in [2.05, 4.69) is 0 Å². The van der Waals surface area contributed by atoms with Crippen molar-refractivity contribution in [1.29, 1.82) is 0 Å². The summed E-state index contributed by atoms with van der Waals surface area (Å²) in [6.45, 7) is -2.28. The third-order valence-corrected chi connectivity index (χ3v) is 56.5. The summed E-state index contributed by atoms with van der Waals surface area (Å²) >= 11 is 0. The molecule has 10 heterocycles. The van der Waals surface area contributed by atoms with E-state index in [1.54, 1.807) is 48.2 Å². The number of hydrogen-bond acceptors (Lipinski definition) is 0. The van der Waals surface area contributed by atoms with Crippen LogP contribution in [0, 0.1) is 0 Å². The molecule has 0 aliphatic carbocycles. The van der Waals surface area contributed by atoms with E-state index in [0.717, 1.165) is 0 Å². The van der Waals surface area contributed by atoms with Gasteiger partial charge in [0.2, 0.25) is 0 Å². The van der Waals surface area contributed by atoms with Crippen LogP contribution in [0.1, 0.15) is 0 Å². The molecule has 10 saturated heterocycles. The van der Waals surface area contributed by atoms with Crippen LogP contribution in [0.2, 0.25) is 48.2 Å². The Labute approximate surface area is 71.6 Å². The Balaban J connectivity index is 0.000000400. The smallest absolute Gasteiger partial charge is 0 e. The zero-order valence-corrected chi connectivity index (χ0v) is 8.47. The molecule has 0 aromatic carbocycles. The zero-order valence-electron chi connectivity index (χ0n) is 6.43. The predicted octanol–water partition coefficient (Wildman–Crippen LogP) is 3.37. The third kappa shape index (κ3) is 0.0275. The van der Waals surface area contributed by atoms with Crippen LogP contribution in [0.25, 0.3) is 0 Å². The van der Waals surface area contributed by atoms with Crippen LogP contribution in [0.4, 0.5) is 0 Å². The molecule has 0 N–H and O–H groups in total. The Morgan fingerprint density at radius 2 is 0.583 bits per heavy atom. The fourth-order valence-electron chi connectivity index (χ4n) is 15.8. The van der Waals surface area contributed by atoms with Gasteiger partial charge in [-0.3, -0.25) is 0 Å². The largest absolute Gasteiger partial charge is 0 e. The van der Waals surface area contributed by atoms with E-state index in [0.29, 0.717) is 0 Å². The van der Waals surface area contributed by atoms with Gasteiger partial charge >= 0.3 is 54.7 Å². The first-order valence-electron chi connectivity index (χ1n) is 5.37. The number of fused-ring (bicyclic) bond motifs is 10. The van der Waals surface area contributed by atoms with Crippen molar-refractivity contribution >= 4 is 0 Å². The standard InChI is InChI=1S/2C5H5.Cu.Fe/c2*1-2-4-5-3-1;;/h2*1-5H;;. The average Bonchev–Trinajstić information content (AvgIpc) is 3.01. The Bertz CT molecular complexity index is 577. The van der Waals surface area contributed by atoms with Crippen molar-refractivity contribution in [2.75, 3.05) is 0 Å². The number of rotatable bonds is 0. The second-order valence-electron chi connectivity index (χ2n) is 9.58. The van der Waals surface area contributed by atoms with E-state index < -0.39 is 6.51 Å². The maximum atomic E-state index is 1.59. The Morgan fingerprint density at radius 3 is 0.583 bits per heavy atom. The Kier molecular flexibility index (Phi) is 0.0903. The van der Waals surface area contributed by atoms with E-state index in [-0.39, 0.29) is 17.1 Å². The maximum absolute atomic E-state index is 2.28. The maximum Gasteiger partial charge on any atom is 0 e. The summed E-state index contributed by atoms with van der Waals surface area (Å²) in [7, 11) is 0. The molecule has 10 aliphatic heterocycles. The van der Waals surface area contributed by atoms with Crippen molar-refractivity contribution in [1.82, 2.24) is 0 Å². The van der Waals surface area contributed by atoms with E-state index in [4.69, 9.17) is 0 Å². The SMILES string of the molecule is [CH]12[CH]3[CH]4[CH]5[CH]1[Fe]23451678[CH]2[CH]1[CH]6[CH]7[CH]28.[Cu]. The average molecular weight is 250 g/mol. The fourth-order valence-corrected chi connectivity index (χ4v) is 88.0. The molecule has 0 nitrogen and oxygen atoms in total. The van der Waals surface area contributed by atoms with Crippen LogP contribution in [-0.4, -0.2) is 0 Å². The summed E-state index contributed by atoms with van der Waals surface area (Å²) in [6.07, 6.45) is 0. The minimum Gasteiger partial charge on any atom is 0 e. The van der Waals surface area contributed by atoms with Crippen LogP contribution in [0.3, 0.4) is 0 Å². The minimum absolute atomic E-state index is 0. The Hall–Kier alpha value is 1.04. The van der Waals surface area contributed by atoms with Gasteiger partial charge in [0.1, 0.15) is 0 Å². The Morgan fingerprint density at radius 1 is 0.417 bits per heavy atom. The molecule has 1 radical (unpaired) electrons. The van der Waals surface area contributed by atoms with E-state index >= 15 is 0 Å². The normalized spacial score (nSPS) is 157. The van der Waals surface area contributed by atoms with Crippen LogP contribution < -0.4 is 0 Å². The summed E-state index contributed by atoms with van der Waals surface area (Å²) in [6, 6.07) is 0. The monoisotopic (exact) mass is 249 g/mol. The summed E-state index contributed by atoms with van der Waals surface area (Å²) < 4.78 is 0. The van der Waals surface area contributed by atoms with Crippen LogP contribution in [0.15, 0.2) is 0 Å². The molecule has 2 heteroatoms. The molecule has 10 rings (SSSR count). The molecule has 1 spiro atoms. The molecule has 69 valence electrons. The first-order chi connectivity index (χ1) is 5.16. The van der Waals surface area contributed by atoms with Gasteiger partial charge < -0.3 is 0 Å². The van der Waals surface area contributed by atoms with Gasteiger partial charge in [-0.1, -0.05) is 0 Å². The second kappa shape index (κ2) is 0.254. The minimum atomic E-state index is -2.28. The molecule has 0 atom stereocenters. The molecule has 0 aromatic heterocycles. The molecule has 12 heavy (non-hydrogen) atoms. The molecule has 10 fully saturated rings. The van der Waals surface area contributed by atoms with Crippen molar-refractivity contribution in [3.05, 3.63) is 0 Å². The van der Waals surface area contributed by atoms with Gasteiger partial charge in [0.05, 0.1) is 0 Å². The molecule has 10 aliphatic rings. The summed E-state index contributed by atoms with van der Waals surface area (Å²) in [5.74, 6) is 0. The second-order valence-corrected chi connectivity index (χ2v) is 33.5. The van der Waals surface area contributed by atoms with Crippen LogP contribution >= 0.6 is 0 Å². The van der Waals surface area contributed by atoms with Gasteiger partial charge in [-0.25, -0.2) is 0 Å². The van der Waals surface area contributed by atoms with Gasteiger partial charge in [0.15, 0.2) is 0 Å². The quantitative estimate of drug-likeness (QED) is 0.578. The molecular formula is C10H10CuFe. The van der Waals surface area contributed by atoms with Crippen molar-refractivity contribution in [3.8, 4) is 0 Å². The van der Waals surface area contributed by atoms with E-state index in [1.165, 1.54) is 0 Å². The van der Waals surface area contributed by atoms with Crippen LogP contribution in [0.5, 0.6) is 0 Å². The first kappa shape index (κ1) is 4.27. The number of hydrogen-bond donors (Lipinski definition) is 0. The van der Waals surface area contributed by atoms with E-state index in [9.17, 15) is 0 Å².